The van der Waals surface area contributed by atoms with Crippen LogP contribution in [-0.4, -0.2) is 17.8 Å². The molecule has 0 aliphatic heterocycles. The molecule has 0 fully saturated rings. The summed E-state index contributed by atoms with van der Waals surface area (Å²) in [4.78, 5) is 0. The zero-order valence-electron chi connectivity index (χ0n) is 9.87. The van der Waals surface area contributed by atoms with Crippen LogP contribution in [0.3, 0.4) is 0 Å². The molecule has 0 spiro atoms. The van der Waals surface area contributed by atoms with Crippen molar-refractivity contribution in [3.05, 3.63) is 23.8 Å². The first kappa shape index (κ1) is 12.4. The van der Waals surface area contributed by atoms with Crippen LogP contribution >= 0.6 is 0 Å². The second kappa shape index (κ2) is 4.91. The number of phenolic OH excluding ortho intramolecular Hbond substituents is 1. The standard InChI is InChI=1S/C13H17NO2/c1-5-13(2,3)14-9-10-6-7-12(16-4)11(15)8-10/h1,6-8,14-15H,9H2,2-4H3. The summed E-state index contributed by atoms with van der Waals surface area (Å²) in [5.74, 6) is 3.26. The monoisotopic (exact) mass is 219 g/mol. The highest BCUT2D eigenvalue weighted by Gasteiger charge is 2.12. The van der Waals surface area contributed by atoms with E-state index in [4.69, 9.17) is 11.2 Å². The highest BCUT2D eigenvalue weighted by molar-refractivity contribution is 5.41. The van der Waals surface area contributed by atoms with Crippen LogP contribution in [0.5, 0.6) is 11.5 Å². The Morgan fingerprint density at radius 1 is 1.50 bits per heavy atom. The van der Waals surface area contributed by atoms with Crippen molar-refractivity contribution in [1.29, 1.82) is 0 Å². The van der Waals surface area contributed by atoms with Crippen LogP contribution in [0.2, 0.25) is 0 Å². The summed E-state index contributed by atoms with van der Waals surface area (Å²) in [5, 5.41) is 12.8. The van der Waals surface area contributed by atoms with Gasteiger partial charge in [-0.05, 0) is 31.5 Å². The number of hydrogen-bond donors (Lipinski definition) is 2. The van der Waals surface area contributed by atoms with E-state index in [0.29, 0.717) is 12.3 Å². The Balaban J connectivity index is 2.70. The average molecular weight is 219 g/mol. The van der Waals surface area contributed by atoms with Crippen molar-refractivity contribution >= 4 is 0 Å². The smallest absolute Gasteiger partial charge is 0.160 e. The number of aromatic hydroxyl groups is 1. The molecule has 0 radical (unpaired) electrons. The van der Waals surface area contributed by atoms with Gasteiger partial charge in [0.25, 0.3) is 0 Å². The summed E-state index contributed by atoms with van der Waals surface area (Å²) in [6, 6.07) is 5.28. The second-order valence-corrected chi connectivity index (χ2v) is 4.13. The van der Waals surface area contributed by atoms with E-state index in [0.717, 1.165) is 5.56 Å². The van der Waals surface area contributed by atoms with Crippen molar-refractivity contribution in [3.63, 3.8) is 0 Å². The van der Waals surface area contributed by atoms with Crippen LogP contribution in [0.4, 0.5) is 0 Å². The Bertz CT molecular complexity index is 405. The van der Waals surface area contributed by atoms with E-state index in [2.05, 4.69) is 11.2 Å². The molecular formula is C13H17NO2. The molecule has 0 atom stereocenters. The molecule has 0 saturated heterocycles. The molecule has 0 heterocycles. The maximum absolute atomic E-state index is 9.58. The molecule has 16 heavy (non-hydrogen) atoms. The molecular weight excluding hydrogens is 202 g/mol. The third-order valence-electron chi connectivity index (χ3n) is 2.34. The number of rotatable bonds is 4. The minimum Gasteiger partial charge on any atom is -0.504 e. The molecule has 0 amide bonds. The fourth-order valence-corrected chi connectivity index (χ4v) is 1.22. The SMILES string of the molecule is C#CC(C)(C)NCc1ccc(OC)c(O)c1. The number of hydrogen-bond acceptors (Lipinski definition) is 3. The van der Waals surface area contributed by atoms with Gasteiger partial charge >= 0.3 is 0 Å². The molecule has 3 heteroatoms. The predicted molar refractivity (Wildman–Crippen MR) is 64.4 cm³/mol. The van der Waals surface area contributed by atoms with Gasteiger partial charge in [-0.25, -0.2) is 0 Å². The summed E-state index contributed by atoms with van der Waals surface area (Å²) in [6.07, 6.45) is 5.36. The summed E-state index contributed by atoms with van der Waals surface area (Å²) < 4.78 is 4.96. The molecule has 0 unspecified atom stereocenters. The van der Waals surface area contributed by atoms with E-state index in [9.17, 15) is 5.11 Å². The van der Waals surface area contributed by atoms with Crippen molar-refractivity contribution in [2.24, 2.45) is 0 Å². The lowest BCUT2D eigenvalue weighted by molar-refractivity contribution is 0.372. The first-order valence-electron chi connectivity index (χ1n) is 5.07. The molecule has 86 valence electrons. The second-order valence-electron chi connectivity index (χ2n) is 4.13. The summed E-state index contributed by atoms with van der Waals surface area (Å²) in [6.45, 7) is 4.46. The van der Waals surface area contributed by atoms with E-state index < -0.39 is 0 Å². The molecule has 3 nitrogen and oxygen atoms in total. The Hall–Kier alpha value is -1.66. The number of methoxy groups -OCH3 is 1. The Kier molecular flexibility index (Phi) is 3.81. The van der Waals surface area contributed by atoms with E-state index in [1.165, 1.54) is 7.11 Å². The maximum atomic E-state index is 9.58. The first-order chi connectivity index (χ1) is 7.48. The number of nitrogens with one attached hydrogen (secondary N) is 1. The Morgan fingerprint density at radius 2 is 2.19 bits per heavy atom. The van der Waals surface area contributed by atoms with Gasteiger partial charge in [0.1, 0.15) is 0 Å². The zero-order valence-corrected chi connectivity index (χ0v) is 9.87. The molecule has 0 bridgehead atoms. The van der Waals surface area contributed by atoms with Crippen molar-refractivity contribution in [3.8, 4) is 23.8 Å². The van der Waals surface area contributed by atoms with Gasteiger partial charge in [0.05, 0.1) is 12.6 Å². The fourth-order valence-electron chi connectivity index (χ4n) is 1.22. The summed E-state index contributed by atoms with van der Waals surface area (Å²) in [5.41, 5.74) is 0.608. The molecule has 1 rings (SSSR count). The molecule has 2 N–H and O–H groups in total. The number of benzene rings is 1. The Morgan fingerprint density at radius 3 is 2.69 bits per heavy atom. The Labute approximate surface area is 96.4 Å². The minimum atomic E-state index is -0.352. The molecule has 0 aromatic heterocycles. The summed E-state index contributed by atoms with van der Waals surface area (Å²) >= 11 is 0. The van der Waals surface area contributed by atoms with Gasteiger partial charge in [-0.1, -0.05) is 12.0 Å². The summed E-state index contributed by atoms with van der Waals surface area (Å²) in [7, 11) is 1.52. The maximum Gasteiger partial charge on any atom is 0.160 e. The molecule has 0 aliphatic carbocycles. The quantitative estimate of drug-likeness (QED) is 0.760. The number of phenols is 1. The molecule has 0 aliphatic rings. The van der Waals surface area contributed by atoms with Gasteiger partial charge in [-0.15, -0.1) is 6.42 Å². The van der Waals surface area contributed by atoms with Crippen molar-refractivity contribution in [1.82, 2.24) is 5.32 Å². The minimum absolute atomic E-state index is 0.139. The van der Waals surface area contributed by atoms with E-state index >= 15 is 0 Å². The van der Waals surface area contributed by atoms with E-state index in [1.807, 2.05) is 19.9 Å². The normalized spacial score (nSPS) is 10.9. The van der Waals surface area contributed by atoms with Gasteiger partial charge in [0, 0.05) is 6.54 Å². The lowest BCUT2D eigenvalue weighted by Crippen LogP contribution is -2.36. The molecule has 1 aromatic rings. The van der Waals surface area contributed by atoms with E-state index in [-0.39, 0.29) is 11.3 Å². The first-order valence-corrected chi connectivity index (χ1v) is 5.07. The topological polar surface area (TPSA) is 41.5 Å². The highest BCUT2D eigenvalue weighted by Crippen LogP contribution is 2.26. The van der Waals surface area contributed by atoms with Crippen LogP contribution in [0, 0.1) is 12.3 Å². The van der Waals surface area contributed by atoms with E-state index in [1.54, 1.807) is 12.1 Å². The van der Waals surface area contributed by atoms with Crippen LogP contribution in [0.1, 0.15) is 19.4 Å². The van der Waals surface area contributed by atoms with Gasteiger partial charge in [-0.2, -0.15) is 0 Å². The van der Waals surface area contributed by atoms with Gasteiger partial charge in [0.2, 0.25) is 0 Å². The molecule has 0 saturated carbocycles. The third kappa shape index (κ3) is 3.18. The molecule has 1 aromatic carbocycles. The van der Waals surface area contributed by atoms with Crippen molar-refractivity contribution in [2.45, 2.75) is 25.9 Å². The average Bonchev–Trinajstić information content (AvgIpc) is 2.27. The number of ether oxygens (including phenoxy) is 1. The van der Waals surface area contributed by atoms with Crippen LogP contribution < -0.4 is 10.1 Å². The largest absolute Gasteiger partial charge is 0.504 e. The van der Waals surface area contributed by atoms with Crippen LogP contribution in [-0.2, 0) is 6.54 Å². The van der Waals surface area contributed by atoms with Gasteiger partial charge in [0.15, 0.2) is 11.5 Å². The van der Waals surface area contributed by atoms with Gasteiger partial charge < -0.3 is 9.84 Å². The van der Waals surface area contributed by atoms with Crippen molar-refractivity contribution < 1.29 is 9.84 Å². The van der Waals surface area contributed by atoms with Gasteiger partial charge in [-0.3, -0.25) is 5.32 Å². The zero-order chi connectivity index (χ0) is 12.2. The van der Waals surface area contributed by atoms with Crippen LogP contribution in [0.15, 0.2) is 18.2 Å². The lowest BCUT2D eigenvalue weighted by atomic mass is 10.1. The highest BCUT2D eigenvalue weighted by atomic mass is 16.5. The lowest BCUT2D eigenvalue weighted by Gasteiger charge is -2.19. The van der Waals surface area contributed by atoms with Crippen molar-refractivity contribution in [2.75, 3.05) is 7.11 Å². The predicted octanol–water partition coefficient (Wildman–Crippen LogP) is 1.90. The number of terminal acetylenes is 1. The van der Waals surface area contributed by atoms with Crippen LogP contribution in [0.25, 0.3) is 0 Å². The fraction of sp³-hybridized carbons (Fsp3) is 0.385. The third-order valence-corrected chi connectivity index (χ3v) is 2.34.